The second-order valence-electron chi connectivity index (χ2n) is 4.36. The second kappa shape index (κ2) is 5.41. The molecule has 0 spiro atoms. The molecule has 0 N–H and O–H groups in total. The highest BCUT2D eigenvalue weighted by Gasteiger charge is 2.49. The van der Waals surface area contributed by atoms with Crippen LogP contribution in [0.4, 0.5) is 26.3 Å². The van der Waals surface area contributed by atoms with Gasteiger partial charge in [0.25, 0.3) is 0 Å². The Morgan fingerprint density at radius 1 is 1.23 bits per heavy atom. The molecule has 1 heterocycles. The van der Waals surface area contributed by atoms with Crippen molar-refractivity contribution in [1.82, 2.24) is 4.98 Å². The molecule has 1 aromatic heterocycles. The number of hydrogen-bond donors (Lipinski definition) is 0. The average molecular weight is 367 g/mol. The maximum Gasteiger partial charge on any atom is 0.534 e. The zero-order valence-electron chi connectivity index (χ0n) is 10.4. The van der Waals surface area contributed by atoms with E-state index in [0.717, 1.165) is 12.3 Å². The fraction of sp³-hybridized carbons (Fsp3) is 0.500. The van der Waals surface area contributed by atoms with Crippen LogP contribution < -0.4 is 0 Å². The van der Waals surface area contributed by atoms with Gasteiger partial charge in [-0.3, -0.25) is 0 Å². The van der Waals surface area contributed by atoms with Crippen molar-refractivity contribution >= 4 is 21.5 Å². The van der Waals surface area contributed by atoms with E-state index in [1.165, 1.54) is 0 Å². The number of rotatable bonds is 3. The second-order valence-corrected chi connectivity index (χ2v) is 6.96. The lowest BCUT2D eigenvalue weighted by molar-refractivity contribution is -0.137. The number of halogens is 6. The monoisotopic (exact) mass is 367 g/mol. The van der Waals surface area contributed by atoms with Gasteiger partial charge in [0.05, 0.1) is 0 Å². The van der Waals surface area contributed by atoms with Crippen molar-refractivity contribution in [2.75, 3.05) is 0 Å². The normalized spacial score (nSPS) is 20.1. The van der Waals surface area contributed by atoms with Crippen molar-refractivity contribution in [3.63, 3.8) is 0 Å². The lowest BCUT2D eigenvalue weighted by atomic mass is 10.1. The fourth-order valence-electron chi connectivity index (χ4n) is 1.76. The summed E-state index contributed by atoms with van der Waals surface area (Å²) in [6.07, 6.45) is -2.68. The quantitative estimate of drug-likeness (QED) is 0.463. The van der Waals surface area contributed by atoms with E-state index in [1.807, 2.05) is 0 Å². The van der Waals surface area contributed by atoms with Crippen LogP contribution in [0.25, 0.3) is 0 Å². The Morgan fingerprint density at radius 3 is 2.36 bits per heavy atom. The molecule has 0 aliphatic heterocycles. The van der Waals surface area contributed by atoms with Gasteiger partial charge in [-0.15, -0.1) is 11.3 Å². The molecule has 1 aliphatic rings. The minimum Gasteiger partial charge on any atom is -0.381 e. The molecule has 0 fully saturated rings. The van der Waals surface area contributed by atoms with E-state index in [9.17, 15) is 34.8 Å². The first-order valence-electron chi connectivity index (χ1n) is 5.63. The lowest BCUT2D eigenvalue weighted by Crippen LogP contribution is -2.25. The molecule has 0 saturated carbocycles. The van der Waals surface area contributed by atoms with Crippen LogP contribution in [-0.2, 0) is 20.5 Å². The molecule has 1 aromatic rings. The Bertz CT molecular complexity index is 688. The SMILES string of the molecule is O=S(=O)(OC1=CCC(c2cnc(C(F)(F)F)s2)C1)C(F)(F)F. The zero-order chi connectivity index (χ0) is 16.8. The third-order valence-electron chi connectivity index (χ3n) is 2.75. The number of nitrogens with zero attached hydrogens (tertiary/aromatic N) is 1. The topological polar surface area (TPSA) is 56.3 Å². The summed E-state index contributed by atoms with van der Waals surface area (Å²) in [7, 11) is -5.77. The van der Waals surface area contributed by atoms with Crippen molar-refractivity contribution in [2.45, 2.75) is 30.4 Å². The molecule has 1 unspecified atom stereocenters. The molecule has 1 aliphatic carbocycles. The maximum atomic E-state index is 12.4. The van der Waals surface area contributed by atoms with Gasteiger partial charge in [0.2, 0.25) is 0 Å². The van der Waals surface area contributed by atoms with Crippen LogP contribution in [0.5, 0.6) is 0 Å². The van der Waals surface area contributed by atoms with Crippen molar-refractivity contribution in [1.29, 1.82) is 0 Å². The van der Waals surface area contributed by atoms with Gasteiger partial charge in [0.1, 0.15) is 5.76 Å². The Morgan fingerprint density at radius 2 is 1.86 bits per heavy atom. The van der Waals surface area contributed by atoms with Gasteiger partial charge < -0.3 is 4.18 Å². The molecule has 22 heavy (non-hydrogen) atoms. The fourth-order valence-corrected chi connectivity index (χ4v) is 3.17. The first-order chi connectivity index (χ1) is 9.90. The smallest absolute Gasteiger partial charge is 0.381 e. The summed E-state index contributed by atoms with van der Waals surface area (Å²) in [5, 5.41) is -1.07. The predicted octanol–water partition coefficient (Wildman–Crippen LogP) is 3.79. The summed E-state index contributed by atoms with van der Waals surface area (Å²) in [4.78, 5) is 3.40. The van der Waals surface area contributed by atoms with E-state index in [2.05, 4.69) is 9.17 Å². The first kappa shape index (κ1) is 17.1. The van der Waals surface area contributed by atoms with Crippen molar-refractivity contribution < 1.29 is 38.9 Å². The van der Waals surface area contributed by atoms with Gasteiger partial charge in [-0.25, -0.2) is 4.98 Å². The van der Waals surface area contributed by atoms with Gasteiger partial charge in [-0.2, -0.15) is 34.8 Å². The Labute approximate surface area is 124 Å². The highest BCUT2D eigenvalue weighted by atomic mass is 32.2. The maximum absolute atomic E-state index is 12.4. The van der Waals surface area contributed by atoms with Crippen molar-refractivity contribution in [3.8, 4) is 0 Å². The number of alkyl halides is 6. The number of allylic oxidation sites excluding steroid dienone is 2. The van der Waals surface area contributed by atoms with Gasteiger partial charge in [-0.05, 0) is 12.5 Å². The summed E-state index contributed by atoms with van der Waals surface area (Å²) < 4.78 is 99.4. The summed E-state index contributed by atoms with van der Waals surface area (Å²) in [6, 6.07) is 0. The largest absolute Gasteiger partial charge is 0.534 e. The van der Waals surface area contributed by atoms with E-state index < -0.39 is 38.5 Å². The molecule has 0 bridgehead atoms. The van der Waals surface area contributed by atoms with Crippen molar-refractivity contribution in [3.05, 3.63) is 27.9 Å². The Balaban J connectivity index is 2.05. The number of thiazole rings is 1. The summed E-state index contributed by atoms with van der Waals surface area (Å²) >= 11 is 0.366. The van der Waals surface area contributed by atoms with E-state index >= 15 is 0 Å². The zero-order valence-corrected chi connectivity index (χ0v) is 12.0. The molecule has 0 amide bonds. The molecule has 1 atom stereocenters. The van der Waals surface area contributed by atoms with E-state index in [0.29, 0.717) is 11.3 Å². The van der Waals surface area contributed by atoms with Crippen molar-refractivity contribution in [2.24, 2.45) is 0 Å². The van der Waals surface area contributed by atoms with Gasteiger partial charge >= 0.3 is 21.8 Å². The van der Waals surface area contributed by atoms with E-state index in [1.54, 1.807) is 0 Å². The molecular formula is C10H7F6NO3S2. The number of hydrogen-bond acceptors (Lipinski definition) is 5. The van der Waals surface area contributed by atoms with Crippen LogP contribution in [0, 0.1) is 0 Å². The average Bonchev–Trinajstić information content (AvgIpc) is 2.92. The lowest BCUT2D eigenvalue weighted by Gasteiger charge is -2.11. The van der Waals surface area contributed by atoms with E-state index in [-0.39, 0.29) is 17.7 Å². The molecule has 0 radical (unpaired) electrons. The third-order valence-corrected chi connectivity index (χ3v) is 4.95. The molecule has 2 rings (SSSR count). The van der Waals surface area contributed by atoms with Gasteiger partial charge in [0.15, 0.2) is 5.01 Å². The van der Waals surface area contributed by atoms with Crippen LogP contribution in [0.2, 0.25) is 0 Å². The minimum absolute atomic E-state index is 0.0716. The van der Waals surface area contributed by atoms with Crippen LogP contribution in [-0.4, -0.2) is 18.9 Å². The summed E-state index contributed by atoms with van der Waals surface area (Å²) in [5.41, 5.74) is -5.56. The highest BCUT2D eigenvalue weighted by molar-refractivity contribution is 7.87. The minimum atomic E-state index is -5.77. The van der Waals surface area contributed by atoms with Crippen LogP contribution in [0.3, 0.4) is 0 Å². The number of aromatic nitrogens is 1. The predicted molar refractivity (Wildman–Crippen MR) is 63.2 cm³/mol. The molecule has 4 nitrogen and oxygen atoms in total. The van der Waals surface area contributed by atoms with Crippen LogP contribution in [0.1, 0.15) is 28.6 Å². The molecular weight excluding hydrogens is 360 g/mol. The highest BCUT2D eigenvalue weighted by Crippen LogP contribution is 2.41. The van der Waals surface area contributed by atoms with Crippen LogP contribution in [0.15, 0.2) is 18.0 Å². The first-order valence-corrected chi connectivity index (χ1v) is 7.85. The van der Waals surface area contributed by atoms with Crippen LogP contribution >= 0.6 is 11.3 Å². The molecule has 0 saturated heterocycles. The molecule has 12 heteroatoms. The Hall–Kier alpha value is -1.30. The molecule has 124 valence electrons. The molecule has 0 aromatic carbocycles. The Kier molecular flexibility index (Phi) is 4.19. The van der Waals surface area contributed by atoms with Gasteiger partial charge in [-0.1, -0.05) is 0 Å². The third kappa shape index (κ3) is 3.54. The summed E-state index contributed by atoms with van der Waals surface area (Å²) in [5.74, 6) is -1.03. The van der Waals surface area contributed by atoms with Gasteiger partial charge in [0, 0.05) is 23.4 Å². The van der Waals surface area contributed by atoms with E-state index in [4.69, 9.17) is 0 Å². The standard InChI is InChI=1S/C10H7F6NO3S2/c11-9(12,13)8-17-4-7(21-8)5-1-2-6(3-5)20-22(18,19)10(14,15)16/h2,4-5H,1,3H2. The summed E-state index contributed by atoms with van der Waals surface area (Å²) in [6.45, 7) is 0.